The van der Waals surface area contributed by atoms with Crippen LogP contribution in [0.5, 0.6) is 0 Å². The summed E-state index contributed by atoms with van der Waals surface area (Å²) in [5.74, 6) is 0. The van der Waals surface area contributed by atoms with Gasteiger partial charge in [-0.1, -0.05) is 20.8 Å². The fraction of sp³-hybridized carbons (Fsp3) is 0.500. The minimum absolute atomic E-state index is 0.0619. The molecule has 0 fully saturated rings. The van der Waals surface area contributed by atoms with E-state index in [0.29, 0.717) is 11.7 Å². The van der Waals surface area contributed by atoms with E-state index in [2.05, 4.69) is 31.1 Å². The van der Waals surface area contributed by atoms with Gasteiger partial charge in [0.1, 0.15) is 5.52 Å². The number of hydrogen-bond donors (Lipinski definition) is 2. The number of rotatable bonds is 5. The number of nitrogens with one attached hydrogen (secondary N) is 1. The smallest absolute Gasteiger partial charge is 0.296 e. The van der Waals surface area contributed by atoms with E-state index >= 15 is 0 Å². The van der Waals surface area contributed by atoms with E-state index in [0.717, 1.165) is 30.4 Å². The maximum absolute atomic E-state index is 5.73. The van der Waals surface area contributed by atoms with E-state index in [1.165, 1.54) is 0 Å². The monoisotopic (exact) mass is 247 g/mol. The van der Waals surface area contributed by atoms with Gasteiger partial charge in [0.05, 0.1) is 0 Å². The highest BCUT2D eigenvalue weighted by Crippen LogP contribution is 2.28. The maximum Gasteiger partial charge on any atom is 0.296 e. The first-order valence-corrected chi connectivity index (χ1v) is 6.56. The molecule has 1 aromatic heterocycles. The second-order valence-electron chi connectivity index (χ2n) is 4.71. The number of nitrogens with two attached hydrogens (primary N) is 1. The van der Waals surface area contributed by atoms with Gasteiger partial charge in [0, 0.05) is 17.3 Å². The zero-order chi connectivity index (χ0) is 13.2. The van der Waals surface area contributed by atoms with Crippen molar-refractivity contribution in [1.29, 1.82) is 0 Å². The maximum atomic E-state index is 5.73. The predicted molar refractivity (Wildman–Crippen MR) is 75.6 cm³/mol. The third-order valence-electron chi connectivity index (χ3n) is 3.81. The van der Waals surface area contributed by atoms with Crippen LogP contribution in [0.15, 0.2) is 22.6 Å². The summed E-state index contributed by atoms with van der Waals surface area (Å²) in [6, 6.07) is 6.10. The van der Waals surface area contributed by atoms with Crippen molar-refractivity contribution in [2.24, 2.45) is 0 Å². The molecule has 2 rings (SSSR count). The van der Waals surface area contributed by atoms with Gasteiger partial charge in [-0.2, -0.15) is 4.98 Å². The van der Waals surface area contributed by atoms with Crippen molar-refractivity contribution in [3.63, 3.8) is 0 Å². The van der Waals surface area contributed by atoms with E-state index in [4.69, 9.17) is 10.2 Å². The lowest BCUT2D eigenvalue weighted by Gasteiger charge is -2.30. The Morgan fingerprint density at radius 1 is 1.22 bits per heavy atom. The summed E-state index contributed by atoms with van der Waals surface area (Å²) in [4.78, 5) is 4.45. The van der Waals surface area contributed by atoms with E-state index < -0.39 is 0 Å². The Morgan fingerprint density at radius 2 is 1.89 bits per heavy atom. The number of fused-ring (bicyclic) bond motifs is 1. The van der Waals surface area contributed by atoms with E-state index in [-0.39, 0.29) is 5.54 Å². The molecule has 0 saturated heterocycles. The molecule has 2 aromatic rings. The Kier molecular flexibility index (Phi) is 3.45. The number of oxazole rings is 1. The summed E-state index contributed by atoms with van der Waals surface area (Å²) < 4.78 is 5.71. The first kappa shape index (κ1) is 12.7. The molecule has 0 saturated carbocycles. The molecule has 1 aromatic carbocycles. The van der Waals surface area contributed by atoms with E-state index in [1.807, 2.05) is 12.1 Å². The van der Waals surface area contributed by atoms with Gasteiger partial charge >= 0.3 is 0 Å². The summed E-state index contributed by atoms with van der Waals surface area (Å²) in [5.41, 5.74) is 8.05. The fourth-order valence-electron chi connectivity index (χ4n) is 2.24. The van der Waals surface area contributed by atoms with Crippen molar-refractivity contribution in [2.75, 3.05) is 11.1 Å². The van der Waals surface area contributed by atoms with Crippen LogP contribution in [-0.4, -0.2) is 10.5 Å². The third-order valence-corrected chi connectivity index (χ3v) is 3.81. The first-order chi connectivity index (χ1) is 8.62. The van der Waals surface area contributed by atoms with Crippen LogP contribution in [0.25, 0.3) is 11.1 Å². The Morgan fingerprint density at radius 3 is 2.50 bits per heavy atom. The number of aromatic nitrogens is 1. The summed E-state index contributed by atoms with van der Waals surface area (Å²) in [5, 5.41) is 3.43. The van der Waals surface area contributed by atoms with Gasteiger partial charge in [0.15, 0.2) is 5.58 Å². The van der Waals surface area contributed by atoms with Crippen molar-refractivity contribution in [1.82, 2.24) is 4.98 Å². The molecule has 18 heavy (non-hydrogen) atoms. The molecule has 0 radical (unpaired) electrons. The molecule has 3 N–H and O–H groups in total. The minimum atomic E-state index is 0.0619. The Hall–Kier alpha value is -1.71. The van der Waals surface area contributed by atoms with Crippen molar-refractivity contribution >= 4 is 22.8 Å². The molecule has 1 heterocycles. The summed E-state index contributed by atoms with van der Waals surface area (Å²) >= 11 is 0. The number of nitrogen functional groups attached to an aromatic ring is 1. The van der Waals surface area contributed by atoms with Crippen LogP contribution in [0.4, 0.5) is 11.7 Å². The van der Waals surface area contributed by atoms with Crippen LogP contribution >= 0.6 is 0 Å². The van der Waals surface area contributed by atoms with E-state index in [9.17, 15) is 0 Å². The SMILES string of the molecule is CCC(CC)(CC)Nc1nc2ccc(N)cc2o1. The van der Waals surface area contributed by atoms with Gasteiger partial charge in [0.25, 0.3) is 6.01 Å². The lowest BCUT2D eigenvalue weighted by molar-refractivity contribution is 0.405. The molecule has 0 bridgehead atoms. The van der Waals surface area contributed by atoms with Gasteiger partial charge in [-0.3, -0.25) is 0 Å². The standard InChI is InChI=1S/C14H21N3O/c1-4-14(5-2,6-3)17-13-16-11-8-7-10(15)9-12(11)18-13/h7-9H,4-6,15H2,1-3H3,(H,16,17). The van der Waals surface area contributed by atoms with Crippen LogP contribution in [0.3, 0.4) is 0 Å². The lowest BCUT2D eigenvalue weighted by atomic mass is 9.90. The van der Waals surface area contributed by atoms with Crippen molar-refractivity contribution in [3.8, 4) is 0 Å². The summed E-state index contributed by atoms with van der Waals surface area (Å²) in [6.07, 6.45) is 3.13. The Labute approximate surface area is 108 Å². The van der Waals surface area contributed by atoms with Gasteiger partial charge < -0.3 is 15.5 Å². The zero-order valence-corrected chi connectivity index (χ0v) is 11.3. The lowest BCUT2D eigenvalue weighted by Crippen LogP contribution is -2.36. The average Bonchev–Trinajstić information content (AvgIpc) is 2.77. The zero-order valence-electron chi connectivity index (χ0n) is 11.3. The predicted octanol–water partition coefficient (Wildman–Crippen LogP) is 3.79. The number of anilines is 2. The molecule has 0 aliphatic rings. The number of benzene rings is 1. The highest BCUT2D eigenvalue weighted by atomic mass is 16.4. The minimum Gasteiger partial charge on any atom is -0.423 e. The summed E-state index contributed by atoms with van der Waals surface area (Å²) in [7, 11) is 0. The summed E-state index contributed by atoms with van der Waals surface area (Å²) in [6.45, 7) is 6.54. The number of hydrogen-bond acceptors (Lipinski definition) is 4. The van der Waals surface area contributed by atoms with Crippen molar-refractivity contribution < 1.29 is 4.42 Å². The van der Waals surface area contributed by atoms with Crippen LogP contribution < -0.4 is 11.1 Å². The van der Waals surface area contributed by atoms with Gasteiger partial charge in [-0.25, -0.2) is 0 Å². The molecule has 0 amide bonds. The Balaban J connectivity index is 2.31. The molecule has 0 aliphatic carbocycles. The van der Waals surface area contributed by atoms with Gasteiger partial charge in [-0.05, 0) is 31.4 Å². The molecular weight excluding hydrogens is 226 g/mol. The first-order valence-electron chi connectivity index (χ1n) is 6.56. The average molecular weight is 247 g/mol. The topological polar surface area (TPSA) is 64.1 Å². The van der Waals surface area contributed by atoms with Crippen molar-refractivity contribution in [2.45, 2.75) is 45.6 Å². The van der Waals surface area contributed by atoms with Gasteiger partial charge in [-0.15, -0.1) is 0 Å². The molecule has 98 valence electrons. The fourth-order valence-corrected chi connectivity index (χ4v) is 2.24. The highest BCUT2D eigenvalue weighted by molar-refractivity contribution is 5.78. The van der Waals surface area contributed by atoms with E-state index in [1.54, 1.807) is 6.07 Å². The number of nitrogens with zero attached hydrogens (tertiary/aromatic N) is 1. The van der Waals surface area contributed by atoms with Crippen LogP contribution in [0.2, 0.25) is 0 Å². The third kappa shape index (κ3) is 2.28. The molecular formula is C14H21N3O. The van der Waals surface area contributed by atoms with Crippen LogP contribution in [0, 0.1) is 0 Å². The second-order valence-corrected chi connectivity index (χ2v) is 4.71. The van der Waals surface area contributed by atoms with Gasteiger partial charge in [0.2, 0.25) is 0 Å². The molecule has 0 atom stereocenters. The second kappa shape index (κ2) is 4.88. The largest absolute Gasteiger partial charge is 0.423 e. The molecule has 0 aliphatic heterocycles. The van der Waals surface area contributed by atoms with Crippen LogP contribution in [-0.2, 0) is 0 Å². The normalized spacial score (nSPS) is 11.9. The molecule has 0 unspecified atom stereocenters. The molecule has 4 heteroatoms. The Bertz CT molecular complexity index is 521. The van der Waals surface area contributed by atoms with Crippen LogP contribution in [0.1, 0.15) is 40.0 Å². The highest BCUT2D eigenvalue weighted by Gasteiger charge is 2.25. The molecule has 4 nitrogen and oxygen atoms in total. The quantitative estimate of drug-likeness (QED) is 0.789. The molecule has 0 spiro atoms. The van der Waals surface area contributed by atoms with Crippen molar-refractivity contribution in [3.05, 3.63) is 18.2 Å².